The summed E-state index contributed by atoms with van der Waals surface area (Å²) < 4.78 is 19.0. The average molecular weight is 559 g/mol. The Morgan fingerprint density at radius 1 is 1.24 bits per heavy atom. The highest BCUT2D eigenvalue weighted by Gasteiger charge is 2.34. The number of amides is 1. The molecule has 1 saturated heterocycles. The van der Waals surface area contributed by atoms with Crippen molar-refractivity contribution in [3.63, 3.8) is 0 Å². The Labute approximate surface area is 226 Å². The molecule has 3 N–H and O–H groups in total. The number of carbonyl (C=O) groups is 2. The van der Waals surface area contributed by atoms with Gasteiger partial charge in [0.1, 0.15) is 22.2 Å². The first-order valence-corrected chi connectivity index (χ1v) is 13.1. The molecule has 11 heteroatoms. The molecule has 1 fully saturated rings. The second-order valence-electron chi connectivity index (χ2n) is 8.59. The number of hydrogen-bond donors (Lipinski definition) is 3. The molecule has 1 amide bonds. The summed E-state index contributed by atoms with van der Waals surface area (Å²) in [6.07, 6.45) is 1.90. The zero-order valence-electron chi connectivity index (χ0n) is 19.5. The Bertz CT molecular complexity index is 1420. The lowest BCUT2D eigenvalue weighted by molar-refractivity contribution is -0.113. The number of rotatable bonds is 6. The van der Waals surface area contributed by atoms with Crippen LogP contribution in [0.4, 0.5) is 10.1 Å². The molecule has 2 aliphatic rings. The summed E-state index contributed by atoms with van der Waals surface area (Å²) >= 11 is 13.2. The van der Waals surface area contributed by atoms with Crippen LogP contribution in [0.1, 0.15) is 33.2 Å². The van der Waals surface area contributed by atoms with E-state index in [2.05, 4.69) is 21.2 Å². The van der Waals surface area contributed by atoms with E-state index in [9.17, 15) is 14.0 Å². The van der Waals surface area contributed by atoms with Gasteiger partial charge in [-0.1, -0.05) is 47.1 Å². The van der Waals surface area contributed by atoms with Gasteiger partial charge in [0.05, 0.1) is 22.5 Å². The fourth-order valence-electron chi connectivity index (χ4n) is 4.24. The third-order valence-electron chi connectivity index (χ3n) is 5.95. The highest BCUT2D eigenvalue weighted by atomic mass is 35.5. The Kier molecular flexibility index (Phi) is 7.50. The van der Waals surface area contributed by atoms with E-state index in [4.69, 9.17) is 27.9 Å². The first-order chi connectivity index (χ1) is 17.8. The monoisotopic (exact) mass is 558 g/mol. The van der Waals surface area contributed by atoms with E-state index in [0.717, 1.165) is 17.3 Å². The van der Waals surface area contributed by atoms with Crippen LogP contribution in [0.25, 0.3) is 5.76 Å². The van der Waals surface area contributed by atoms with Crippen molar-refractivity contribution in [3.05, 3.63) is 92.9 Å². The molecule has 1 aromatic heterocycles. The lowest BCUT2D eigenvalue weighted by atomic mass is 9.93. The van der Waals surface area contributed by atoms with Gasteiger partial charge in [0.2, 0.25) is 5.91 Å². The van der Waals surface area contributed by atoms with Gasteiger partial charge in [-0.25, -0.2) is 19.6 Å². The van der Waals surface area contributed by atoms with Gasteiger partial charge >= 0.3 is 5.97 Å². The smallest absolute Gasteiger partial charge is 0.347 e. The Morgan fingerprint density at radius 3 is 2.78 bits per heavy atom. The molecular weight excluding hydrogens is 538 g/mol. The second-order valence-corrected chi connectivity index (χ2v) is 10.4. The quantitative estimate of drug-likeness (QED) is 0.270. The van der Waals surface area contributed by atoms with Crippen molar-refractivity contribution >= 4 is 58.3 Å². The van der Waals surface area contributed by atoms with E-state index in [1.807, 2.05) is 13.0 Å². The van der Waals surface area contributed by atoms with Crippen LogP contribution >= 0.6 is 35.0 Å². The number of aryl methyl sites for hydroxylation is 1. The number of hydrazine groups is 1. The summed E-state index contributed by atoms with van der Waals surface area (Å²) in [7, 11) is 0. The molecule has 2 aromatic carbocycles. The van der Waals surface area contributed by atoms with Crippen molar-refractivity contribution in [3.8, 4) is 0 Å². The third-order valence-corrected chi connectivity index (χ3v) is 7.47. The number of carbonyl (C=O) groups excluding carboxylic acids is 2. The number of nitrogens with one attached hydrogen (secondary N) is 3. The molecule has 3 aromatic rings. The molecule has 5 rings (SSSR count). The molecule has 2 unspecified atom stereocenters. The van der Waals surface area contributed by atoms with Gasteiger partial charge in [0.15, 0.2) is 0 Å². The molecule has 2 aliphatic heterocycles. The molecule has 0 spiro atoms. The third kappa shape index (κ3) is 5.66. The fourth-order valence-corrected chi connectivity index (χ4v) is 5.59. The second kappa shape index (κ2) is 10.8. The van der Waals surface area contributed by atoms with Crippen LogP contribution in [-0.4, -0.2) is 29.2 Å². The Hall–Kier alpha value is -2.95. The van der Waals surface area contributed by atoms with Crippen LogP contribution in [0.15, 0.2) is 59.6 Å². The fraction of sp³-hybridized carbons (Fsp3) is 0.192. The molecule has 7 nitrogen and oxygen atoms in total. The topological polar surface area (TPSA) is 92.4 Å². The molecule has 0 saturated carbocycles. The van der Waals surface area contributed by atoms with Crippen LogP contribution in [0, 0.1) is 18.7 Å². The van der Waals surface area contributed by atoms with Gasteiger partial charge in [0, 0.05) is 28.7 Å². The number of ether oxygens (including phenoxy) is 1. The van der Waals surface area contributed by atoms with Crippen LogP contribution in [0.3, 0.4) is 0 Å². The minimum Gasteiger partial charge on any atom is -0.423 e. The lowest BCUT2D eigenvalue weighted by Crippen LogP contribution is -2.24. The molecule has 3 heterocycles. The van der Waals surface area contributed by atoms with Crippen molar-refractivity contribution in [2.45, 2.75) is 18.0 Å². The zero-order chi connectivity index (χ0) is 26.1. The van der Waals surface area contributed by atoms with E-state index in [0.29, 0.717) is 49.9 Å². The predicted molar refractivity (Wildman–Crippen MR) is 142 cm³/mol. The summed E-state index contributed by atoms with van der Waals surface area (Å²) in [6, 6.07) is 12.8. The predicted octanol–water partition coefficient (Wildman–Crippen LogP) is 5.54. The summed E-state index contributed by atoms with van der Waals surface area (Å²) in [4.78, 5) is 29.9. The van der Waals surface area contributed by atoms with Gasteiger partial charge < -0.3 is 10.1 Å². The first kappa shape index (κ1) is 25.7. The SMILES string of the molecule is Cc1cc2c(c(SCC(=O)Nc3ccc(Cl)cc3Cl)n1)C(=O)O/C2=C/C1CNNC1c1ccc(F)cc1. The number of cyclic esters (lactones) is 1. The number of nitrogens with zero attached hydrogens (tertiary/aromatic N) is 1. The number of thioether (sulfide) groups is 1. The number of halogens is 3. The van der Waals surface area contributed by atoms with Crippen LogP contribution in [-0.2, 0) is 9.53 Å². The molecular formula is C26H21Cl2FN4O3S. The molecule has 0 radical (unpaired) electrons. The first-order valence-electron chi connectivity index (χ1n) is 11.4. The largest absolute Gasteiger partial charge is 0.423 e. The lowest BCUT2D eigenvalue weighted by Gasteiger charge is -2.16. The van der Waals surface area contributed by atoms with E-state index in [-0.39, 0.29) is 29.4 Å². The number of anilines is 1. The Balaban J connectivity index is 1.35. The number of aromatic nitrogens is 1. The number of esters is 1. The van der Waals surface area contributed by atoms with Crippen molar-refractivity contribution in [2.75, 3.05) is 17.6 Å². The van der Waals surface area contributed by atoms with Crippen LogP contribution < -0.4 is 16.2 Å². The standard InChI is InChI=1S/C26H21Cl2FN4O3S/c1-13-8-18-21(9-15-11-30-33-24(15)14-2-5-17(29)6-3-14)36-26(35)23(18)25(31-13)37-12-22(34)32-20-7-4-16(27)10-19(20)28/h2-10,15,24,30,33H,11-12H2,1H3,(H,32,34)/b21-9+. The van der Waals surface area contributed by atoms with Crippen molar-refractivity contribution in [2.24, 2.45) is 5.92 Å². The number of fused-ring (bicyclic) bond motifs is 1. The summed E-state index contributed by atoms with van der Waals surface area (Å²) in [6.45, 7) is 2.41. The molecule has 190 valence electrons. The average Bonchev–Trinajstić information content (AvgIpc) is 3.44. The van der Waals surface area contributed by atoms with E-state index < -0.39 is 5.97 Å². The number of hydrogen-bond acceptors (Lipinski definition) is 7. The molecule has 0 bridgehead atoms. The van der Waals surface area contributed by atoms with Gasteiger partial charge in [-0.15, -0.1) is 0 Å². The number of benzene rings is 2. The maximum Gasteiger partial charge on any atom is 0.347 e. The summed E-state index contributed by atoms with van der Waals surface area (Å²) in [5.74, 6) is -0.738. The van der Waals surface area contributed by atoms with E-state index in [1.165, 1.54) is 12.1 Å². The van der Waals surface area contributed by atoms with Gasteiger partial charge in [-0.05, 0) is 55.0 Å². The van der Waals surface area contributed by atoms with Crippen LogP contribution in [0.2, 0.25) is 10.0 Å². The van der Waals surface area contributed by atoms with E-state index in [1.54, 1.807) is 36.4 Å². The van der Waals surface area contributed by atoms with Gasteiger partial charge in [-0.3, -0.25) is 10.2 Å². The highest BCUT2D eigenvalue weighted by Crippen LogP contribution is 2.38. The van der Waals surface area contributed by atoms with Crippen LogP contribution in [0.5, 0.6) is 0 Å². The van der Waals surface area contributed by atoms with Gasteiger partial charge in [0.25, 0.3) is 0 Å². The molecule has 0 aliphatic carbocycles. The maximum atomic E-state index is 13.4. The molecule has 2 atom stereocenters. The summed E-state index contributed by atoms with van der Waals surface area (Å²) in [5.41, 5.74) is 9.32. The maximum absolute atomic E-state index is 13.4. The van der Waals surface area contributed by atoms with Gasteiger partial charge in [-0.2, -0.15) is 0 Å². The number of pyridine rings is 1. The Morgan fingerprint density at radius 2 is 2.03 bits per heavy atom. The minimum atomic E-state index is -0.519. The zero-order valence-corrected chi connectivity index (χ0v) is 21.8. The highest BCUT2D eigenvalue weighted by molar-refractivity contribution is 8.00. The van der Waals surface area contributed by atoms with Crippen molar-refractivity contribution in [1.82, 2.24) is 15.8 Å². The molecule has 37 heavy (non-hydrogen) atoms. The normalized spacial score (nSPS) is 19.7. The van der Waals surface area contributed by atoms with Crippen molar-refractivity contribution < 1.29 is 18.7 Å². The van der Waals surface area contributed by atoms with E-state index >= 15 is 0 Å². The van der Waals surface area contributed by atoms with Crippen molar-refractivity contribution in [1.29, 1.82) is 0 Å². The minimum absolute atomic E-state index is 0.0112. The summed E-state index contributed by atoms with van der Waals surface area (Å²) in [5, 5.41) is 3.95.